The Morgan fingerprint density at radius 1 is 1.30 bits per heavy atom. The molecule has 2 heterocycles. The number of nitrogens with zero attached hydrogens (tertiary/aromatic N) is 4. The first-order valence-corrected chi connectivity index (χ1v) is 6.52. The van der Waals surface area contributed by atoms with Crippen molar-refractivity contribution < 1.29 is 9.90 Å². The third kappa shape index (κ3) is 2.21. The number of aromatic carboxylic acids is 1. The molecule has 0 spiro atoms. The summed E-state index contributed by atoms with van der Waals surface area (Å²) in [5, 5.41) is 24.8. The van der Waals surface area contributed by atoms with Crippen LogP contribution in [0.2, 0.25) is 0 Å². The van der Waals surface area contributed by atoms with E-state index in [1.807, 2.05) is 12.1 Å². The predicted molar refractivity (Wildman–Crippen MR) is 71.7 cm³/mol. The van der Waals surface area contributed by atoms with Crippen LogP contribution < -0.4 is 0 Å². The van der Waals surface area contributed by atoms with Crippen molar-refractivity contribution in [1.29, 1.82) is 0 Å². The Morgan fingerprint density at radius 3 is 2.80 bits per heavy atom. The Morgan fingerprint density at radius 2 is 2.10 bits per heavy atom. The van der Waals surface area contributed by atoms with Gasteiger partial charge in [0.05, 0.1) is 10.4 Å². The average Bonchev–Trinajstić information content (AvgIpc) is 2.84. The second-order valence-electron chi connectivity index (χ2n) is 4.01. The van der Waals surface area contributed by atoms with E-state index in [0.29, 0.717) is 26.8 Å². The van der Waals surface area contributed by atoms with Crippen molar-refractivity contribution in [2.24, 2.45) is 0 Å². The van der Waals surface area contributed by atoms with Gasteiger partial charge < -0.3 is 5.11 Å². The normalized spacial score (nSPS) is 10.8. The Labute approximate surface area is 117 Å². The van der Waals surface area contributed by atoms with Crippen LogP contribution in [0.1, 0.15) is 16.3 Å². The number of nitrogens with one attached hydrogen (secondary N) is 1. The van der Waals surface area contributed by atoms with Crippen molar-refractivity contribution in [2.75, 3.05) is 0 Å². The van der Waals surface area contributed by atoms with E-state index in [0.717, 1.165) is 11.8 Å². The SMILES string of the molecule is Cc1nc(Sc2c(C(=O)O)nnc3ccccc23)n[nH]1. The minimum Gasteiger partial charge on any atom is -0.476 e. The molecule has 0 saturated heterocycles. The van der Waals surface area contributed by atoms with Crippen LogP contribution >= 0.6 is 11.8 Å². The number of rotatable bonds is 3. The van der Waals surface area contributed by atoms with Crippen molar-refractivity contribution >= 4 is 28.6 Å². The maximum absolute atomic E-state index is 11.3. The highest BCUT2D eigenvalue weighted by Gasteiger charge is 2.19. The van der Waals surface area contributed by atoms with Crippen molar-refractivity contribution in [3.8, 4) is 0 Å². The number of H-pyrrole nitrogens is 1. The Bertz CT molecular complexity index is 801. The third-order valence-corrected chi connectivity index (χ3v) is 3.58. The summed E-state index contributed by atoms with van der Waals surface area (Å²) in [5.74, 6) is -0.464. The number of benzene rings is 1. The molecule has 0 saturated carbocycles. The maximum atomic E-state index is 11.3. The molecule has 0 aliphatic heterocycles. The van der Waals surface area contributed by atoms with Crippen LogP contribution in [0.25, 0.3) is 10.9 Å². The Balaban J connectivity index is 2.19. The number of hydrogen-bond acceptors (Lipinski definition) is 6. The minimum absolute atomic E-state index is 0.101. The van der Waals surface area contributed by atoms with Gasteiger partial charge in [0.25, 0.3) is 0 Å². The lowest BCUT2D eigenvalue weighted by atomic mass is 10.2. The fourth-order valence-electron chi connectivity index (χ4n) is 1.73. The van der Waals surface area contributed by atoms with Crippen LogP contribution in [-0.2, 0) is 0 Å². The minimum atomic E-state index is -1.13. The van der Waals surface area contributed by atoms with Gasteiger partial charge in [-0.2, -0.15) is 0 Å². The van der Waals surface area contributed by atoms with Gasteiger partial charge >= 0.3 is 5.97 Å². The van der Waals surface area contributed by atoms with Crippen molar-refractivity contribution in [3.63, 3.8) is 0 Å². The topological polar surface area (TPSA) is 105 Å². The second-order valence-corrected chi connectivity index (χ2v) is 4.98. The maximum Gasteiger partial charge on any atom is 0.357 e. The van der Waals surface area contributed by atoms with Crippen LogP contribution in [0, 0.1) is 6.92 Å². The molecule has 3 rings (SSSR count). The van der Waals surface area contributed by atoms with Gasteiger partial charge in [-0.1, -0.05) is 18.2 Å². The standard InChI is InChI=1S/C12H9N5O2S/c1-6-13-12(17-14-6)20-10-7-4-2-3-5-8(7)15-16-9(10)11(18)19/h2-5H,1H3,(H,18,19)(H,13,14,17). The number of carbonyl (C=O) groups is 1. The lowest BCUT2D eigenvalue weighted by Gasteiger charge is -2.05. The highest BCUT2D eigenvalue weighted by molar-refractivity contribution is 7.99. The van der Waals surface area contributed by atoms with Gasteiger partial charge in [0.15, 0.2) is 5.69 Å². The van der Waals surface area contributed by atoms with E-state index in [1.165, 1.54) is 0 Å². The molecule has 2 N–H and O–H groups in total. The molecule has 0 amide bonds. The van der Waals surface area contributed by atoms with Gasteiger partial charge in [-0.3, -0.25) is 5.10 Å². The molecule has 0 fully saturated rings. The predicted octanol–water partition coefficient (Wildman–Crippen LogP) is 1.91. The quantitative estimate of drug-likeness (QED) is 0.758. The van der Waals surface area contributed by atoms with Gasteiger partial charge in [0, 0.05) is 5.39 Å². The largest absolute Gasteiger partial charge is 0.476 e. The molecule has 0 aliphatic rings. The summed E-state index contributed by atoms with van der Waals surface area (Å²) in [5.41, 5.74) is 0.531. The fourth-order valence-corrected chi connectivity index (χ4v) is 2.70. The Hall–Kier alpha value is -2.48. The zero-order chi connectivity index (χ0) is 14.1. The summed E-state index contributed by atoms with van der Waals surface area (Å²) >= 11 is 1.16. The molecule has 100 valence electrons. The molecule has 20 heavy (non-hydrogen) atoms. The van der Waals surface area contributed by atoms with Gasteiger partial charge in [-0.05, 0) is 24.8 Å². The zero-order valence-corrected chi connectivity index (χ0v) is 11.2. The fraction of sp³-hybridized carbons (Fsp3) is 0.0833. The highest BCUT2D eigenvalue weighted by atomic mass is 32.2. The van der Waals surface area contributed by atoms with Gasteiger partial charge in [-0.15, -0.1) is 15.3 Å². The smallest absolute Gasteiger partial charge is 0.357 e. The highest BCUT2D eigenvalue weighted by Crippen LogP contribution is 2.32. The van der Waals surface area contributed by atoms with E-state index in [4.69, 9.17) is 0 Å². The van der Waals surface area contributed by atoms with Gasteiger partial charge in [0.2, 0.25) is 5.16 Å². The summed E-state index contributed by atoms with van der Waals surface area (Å²) in [6.07, 6.45) is 0. The first kappa shape index (κ1) is 12.5. The number of carboxylic acids is 1. The molecule has 8 heteroatoms. The van der Waals surface area contributed by atoms with Gasteiger partial charge in [-0.25, -0.2) is 9.78 Å². The second kappa shape index (κ2) is 4.89. The molecule has 0 bridgehead atoms. The van der Waals surface area contributed by atoms with E-state index in [1.54, 1.807) is 19.1 Å². The van der Waals surface area contributed by atoms with E-state index in [9.17, 15) is 9.90 Å². The lowest BCUT2D eigenvalue weighted by Crippen LogP contribution is -2.05. The molecule has 0 aliphatic carbocycles. The monoisotopic (exact) mass is 287 g/mol. The molecule has 7 nitrogen and oxygen atoms in total. The van der Waals surface area contributed by atoms with Crippen LogP contribution in [0.5, 0.6) is 0 Å². The lowest BCUT2D eigenvalue weighted by molar-refractivity contribution is 0.0685. The summed E-state index contributed by atoms with van der Waals surface area (Å²) in [6, 6.07) is 7.23. The number of hydrogen-bond donors (Lipinski definition) is 2. The van der Waals surface area contributed by atoms with Crippen molar-refractivity contribution in [2.45, 2.75) is 17.0 Å². The first-order valence-electron chi connectivity index (χ1n) is 5.70. The van der Waals surface area contributed by atoms with Gasteiger partial charge in [0.1, 0.15) is 5.82 Å². The van der Waals surface area contributed by atoms with E-state index < -0.39 is 5.97 Å². The first-order chi connectivity index (χ1) is 9.65. The molecule has 3 aromatic rings. The summed E-state index contributed by atoms with van der Waals surface area (Å²) in [6.45, 7) is 1.78. The Kier molecular flexibility index (Phi) is 3.07. The summed E-state index contributed by atoms with van der Waals surface area (Å²) in [7, 11) is 0. The van der Waals surface area contributed by atoms with E-state index in [-0.39, 0.29) is 5.69 Å². The van der Waals surface area contributed by atoms with Crippen LogP contribution in [0.15, 0.2) is 34.3 Å². The van der Waals surface area contributed by atoms with Crippen LogP contribution in [-0.4, -0.2) is 36.5 Å². The molecule has 0 atom stereocenters. The molecule has 0 radical (unpaired) electrons. The zero-order valence-electron chi connectivity index (χ0n) is 10.4. The van der Waals surface area contributed by atoms with E-state index in [2.05, 4.69) is 25.4 Å². The molecule has 0 unspecified atom stereocenters. The van der Waals surface area contributed by atoms with Crippen molar-refractivity contribution in [3.05, 3.63) is 35.8 Å². The number of carboxylic acid groups (broad SMARTS) is 1. The summed E-state index contributed by atoms with van der Waals surface area (Å²) in [4.78, 5) is 16.0. The van der Waals surface area contributed by atoms with Crippen molar-refractivity contribution in [1.82, 2.24) is 25.4 Å². The number of aromatic amines is 1. The van der Waals surface area contributed by atoms with Crippen LogP contribution in [0.4, 0.5) is 0 Å². The molecule has 2 aromatic heterocycles. The van der Waals surface area contributed by atoms with Crippen LogP contribution in [0.3, 0.4) is 0 Å². The average molecular weight is 287 g/mol. The molecular formula is C12H9N5O2S. The molecule has 1 aromatic carbocycles. The molecular weight excluding hydrogens is 278 g/mol. The number of aromatic nitrogens is 5. The number of aryl methyl sites for hydroxylation is 1. The third-order valence-electron chi connectivity index (χ3n) is 2.59. The summed E-state index contributed by atoms with van der Waals surface area (Å²) < 4.78 is 0. The number of fused-ring (bicyclic) bond motifs is 1. The van der Waals surface area contributed by atoms with E-state index >= 15 is 0 Å².